The Morgan fingerprint density at radius 1 is 1.41 bits per heavy atom. The maximum atomic E-state index is 11.6. The van der Waals surface area contributed by atoms with Crippen molar-refractivity contribution in [2.45, 2.75) is 25.8 Å². The van der Waals surface area contributed by atoms with Gasteiger partial charge in [-0.3, -0.25) is 9.59 Å². The minimum absolute atomic E-state index is 0.150. The molecule has 0 unspecified atom stereocenters. The first-order valence-corrected chi connectivity index (χ1v) is 5.63. The third kappa shape index (κ3) is 2.20. The van der Waals surface area contributed by atoms with Crippen LogP contribution < -0.4 is 0 Å². The second-order valence-corrected chi connectivity index (χ2v) is 4.72. The summed E-state index contributed by atoms with van der Waals surface area (Å²) in [5, 5.41) is 7.79. The first-order valence-electron chi connectivity index (χ1n) is 5.63. The fourth-order valence-electron chi connectivity index (χ4n) is 1.92. The van der Waals surface area contributed by atoms with Gasteiger partial charge in [0.05, 0.1) is 12.2 Å². The predicted octanol–water partition coefficient (Wildman–Crippen LogP) is 0.520. The predicted molar refractivity (Wildman–Crippen MR) is 60.5 cm³/mol. The molecule has 2 rings (SSSR count). The van der Waals surface area contributed by atoms with Crippen LogP contribution >= 0.6 is 0 Å². The van der Waals surface area contributed by atoms with Gasteiger partial charge in [0.1, 0.15) is 5.78 Å². The number of Topliss-reactive ketones (excluding diaryl/α,β-unsaturated/α-hetero) is 1. The van der Waals surface area contributed by atoms with E-state index in [0.29, 0.717) is 5.69 Å². The molecular weight excluding hydrogens is 220 g/mol. The van der Waals surface area contributed by atoms with Crippen molar-refractivity contribution in [3.05, 3.63) is 11.9 Å². The van der Waals surface area contributed by atoms with Gasteiger partial charge in [-0.2, -0.15) is 0 Å². The van der Waals surface area contributed by atoms with Gasteiger partial charge in [-0.1, -0.05) is 5.21 Å². The number of hydrogen-bond acceptors (Lipinski definition) is 4. The van der Waals surface area contributed by atoms with Crippen molar-refractivity contribution < 1.29 is 9.59 Å². The van der Waals surface area contributed by atoms with E-state index in [4.69, 9.17) is 0 Å². The number of rotatable bonds is 3. The maximum absolute atomic E-state index is 11.6. The van der Waals surface area contributed by atoms with E-state index in [1.807, 2.05) is 0 Å². The van der Waals surface area contributed by atoms with Crippen LogP contribution in [0.5, 0.6) is 0 Å². The zero-order chi connectivity index (χ0) is 12.6. The quantitative estimate of drug-likeness (QED) is 0.767. The summed E-state index contributed by atoms with van der Waals surface area (Å²) in [4.78, 5) is 24.2. The summed E-state index contributed by atoms with van der Waals surface area (Å²) in [6.07, 6.45) is 3.26. The van der Waals surface area contributed by atoms with E-state index in [9.17, 15) is 9.59 Å². The molecule has 6 heteroatoms. The Labute approximate surface area is 99.6 Å². The maximum Gasteiger partial charge on any atom is 0.275 e. The second kappa shape index (κ2) is 4.27. The van der Waals surface area contributed by atoms with E-state index in [1.165, 1.54) is 4.90 Å². The van der Waals surface area contributed by atoms with E-state index in [2.05, 4.69) is 10.3 Å². The monoisotopic (exact) mass is 236 g/mol. The molecule has 0 aromatic carbocycles. The highest BCUT2D eigenvalue weighted by Crippen LogP contribution is 2.37. The summed E-state index contributed by atoms with van der Waals surface area (Å²) >= 11 is 0. The Kier molecular flexibility index (Phi) is 2.95. The van der Waals surface area contributed by atoms with Crippen LogP contribution in [0.2, 0.25) is 0 Å². The number of ketones is 1. The van der Waals surface area contributed by atoms with Crippen LogP contribution in [0.1, 0.15) is 36.3 Å². The van der Waals surface area contributed by atoms with Crippen LogP contribution in [0.3, 0.4) is 0 Å². The largest absolute Gasteiger partial charge is 0.343 e. The Balaban J connectivity index is 2.01. The summed E-state index contributed by atoms with van der Waals surface area (Å²) in [6, 6.07) is 0.208. The highest BCUT2D eigenvalue weighted by Gasteiger charge is 2.34. The van der Waals surface area contributed by atoms with Gasteiger partial charge in [0, 0.05) is 20.0 Å². The third-order valence-electron chi connectivity index (χ3n) is 3.20. The van der Waals surface area contributed by atoms with Crippen molar-refractivity contribution in [3.63, 3.8) is 0 Å². The van der Waals surface area contributed by atoms with E-state index >= 15 is 0 Å². The molecule has 1 saturated carbocycles. The molecule has 0 spiro atoms. The van der Waals surface area contributed by atoms with Crippen molar-refractivity contribution >= 4 is 11.7 Å². The topological polar surface area (TPSA) is 68.1 Å². The zero-order valence-electron chi connectivity index (χ0n) is 10.3. The lowest BCUT2D eigenvalue weighted by molar-refractivity contribution is -0.124. The fraction of sp³-hybridized carbons (Fsp3) is 0.636. The van der Waals surface area contributed by atoms with Crippen molar-refractivity contribution in [2.24, 2.45) is 5.92 Å². The summed E-state index contributed by atoms with van der Waals surface area (Å²) in [5.74, 6) is 0.224. The van der Waals surface area contributed by atoms with Crippen molar-refractivity contribution in [1.82, 2.24) is 19.9 Å². The van der Waals surface area contributed by atoms with Gasteiger partial charge in [-0.15, -0.1) is 5.10 Å². The number of hydrogen-bond donors (Lipinski definition) is 0. The first kappa shape index (κ1) is 11.8. The molecule has 0 saturated heterocycles. The van der Waals surface area contributed by atoms with E-state index in [-0.39, 0.29) is 23.7 Å². The smallest absolute Gasteiger partial charge is 0.275 e. The number of carbonyl (C=O) groups is 2. The van der Waals surface area contributed by atoms with Gasteiger partial charge in [-0.25, -0.2) is 4.68 Å². The average Bonchev–Trinajstić information content (AvgIpc) is 2.62. The highest BCUT2D eigenvalue weighted by atomic mass is 16.2. The number of carbonyl (C=O) groups excluding carboxylic acids is 2. The molecule has 0 aliphatic heterocycles. The molecule has 1 aromatic rings. The Morgan fingerprint density at radius 3 is 2.59 bits per heavy atom. The first-order chi connectivity index (χ1) is 7.99. The fourth-order valence-corrected chi connectivity index (χ4v) is 1.92. The van der Waals surface area contributed by atoms with Crippen LogP contribution in [-0.4, -0.2) is 45.7 Å². The van der Waals surface area contributed by atoms with Crippen LogP contribution in [0, 0.1) is 5.92 Å². The SMILES string of the molecule is CC(=O)C1CC(n2cc(C(=O)N(C)C)nn2)C1. The lowest BCUT2D eigenvalue weighted by Gasteiger charge is -2.33. The van der Waals surface area contributed by atoms with Gasteiger partial charge in [0.2, 0.25) is 0 Å². The average molecular weight is 236 g/mol. The lowest BCUT2D eigenvalue weighted by Crippen LogP contribution is -2.31. The van der Waals surface area contributed by atoms with E-state index in [0.717, 1.165) is 12.8 Å². The normalized spacial score (nSPS) is 23.0. The van der Waals surface area contributed by atoms with Crippen LogP contribution in [0.4, 0.5) is 0 Å². The molecular formula is C11H16N4O2. The zero-order valence-corrected chi connectivity index (χ0v) is 10.3. The molecule has 17 heavy (non-hydrogen) atoms. The van der Waals surface area contributed by atoms with Gasteiger partial charge in [0.25, 0.3) is 5.91 Å². The van der Waals surface area contributed by atoms with Crippen LogP contribution in [0.15, 0.2) is 6.20 Å². The van der Waals surface area contributed by atoms with Crippen molar-refractivity contribution in [1.29, 1.82) is 0 Å². The van der Waals surface area contributed by atoms with Gasteiger partial charge in [0.15, 0.2) is 5.69 Å². The summed E-state index contributed by atoms with van der Waals surface area (Å²) in [6.45, 7) is 1.61. The lowest BCUT2D eigenvalue weighted by atomic mass is 9.78. The molecule has 1 heterocycles. The molecule has 1 aliphatic rings. The minimum Gasteiger partial charge on any atom is -0.343 e. The number of aromatic nitrogens is 3. The van der Waals surface area contributed by atoms with E-state index in [1.54, 1.807) is 31.9 Å². The van der Waals surface area contributed by atoms with Gasteiger partial charge in [-0.05, 0) is 19.8 Å². The molecule has 92 valence electrons. The van der Waals surface area contributed by atoms with Crippen LogP contribution in [-0.2, 0) is 4.79 Å². The second-order valence-electron chi connectivity index (χ2n) is 4.72. The molecule has 0 atom stereocenters. The van der Waals surface area contributed by atoms with E-state index < -0.39 is 0 Å². The van der Waals surface area contributed by atoms with Gasteiger partial charge < -0.3 is 4.90 Å². The molecule has 1 aromatic heterocycles. The molecule has 1 aliphatic carbocycles. The minimum atomic E-state index is -0.154. The van der Waals surface area contributed by atoms with Crippen LogP contribution in [0.25, 0.3) is 0 Å². The molecule has 0 bridgehead atoms. The molecule has 0 radical (unpaired) electrons. The van der Waals surface area contributed by atoms with Crippen molar-refractivity contribution in [3.8, 4) is 0 Å². The van der Waals surface area contributed by atoms with Crippen molar-refractivity contribution in [2.75, 3.05) is 14.1 Å². The summed E-state index contributed by atoms with van der Waals surface area (Å²) < 4.78 is 1.69. The molecule has 1 amide bonds. The Morgan fingerprint density at radius 2 is 2.06 bits per heavy atom. The molecule has 1 fully saturated rings. The summed E-state index contributed by atoms with van der Waals surface area (Å²) in [7, 11) is 3.35. The Hall–Kier alpha value is -1.72. The third-order valence-corrected chi connectivity index (χ3v) is 3.20. The van der Waals surface area contributed by atoms with Gasteiger partial charge >= 0.3 is 0 Å². The molecule has 6 nitrogen and oxygen atoms in total. The number of nitrogens with zero attached hydrogens (tertiary/aromatic N) is 4. The molecule has 0 N–H and O–H groups in total. The number of amides is 1. The Bertz CT molecular complexity index is 446. The standard InChI is InChI=1S/C11H16N4O2/c1-7(16)8-4-9(5-8)15-6-10(12-13-15)11(17)14(2)3/h6,8-9H,4-5H2,1-3H3. The highest BCUT2D eigenvalue weighted by molar-refractivity contribution is 5.91. The summed E-state index contributed by atoms with van der Waals surface area (Å²) in [5.41, 5.74) is 0.348.